The molecule has 1 aliphatic heterocycles. The summed E-state index contributed by atoms with van der Waals surface area (Å²) in [5.41, 5.74) is 1.10. The third kappa shape index (κ3) is 4.65. The number of esters is 1. The lowest BCUT2D eigenvalue weighted by Gasteiger charge is -2.31. The zero-order chi connectivity index (χ0) is 13.5. The molecule has 2 atom stereocenters. The highest BCUT2D eigenvalue weighted by Crippen LogP contribution is 2.30. The van der Waals surface area contributed by atoms with Gasteiger partial charge in [-0.25, -0.2) is 0 Å². The number of hydrogen-bond acceptors (Lipinski definition) is 3. The fourth-order valence-corrected chi connectivity index (χ4v) is 2.03. The number of rotatable bonds is 6. The highest BCUT2D eigenvalue weighted by Gasteiger charge is 2.28. The Kier molecular flexibility index (Phi) is 6.13. The Morgan fingerprint density at radius 2 is 2.17 bits per heavy atom. The lowest BCUT2D eigenvalue weighted by molar-refractivity contribution is -0.146. The predicted octanol–water partition coefficient (Wildman–Crippen LogP) is 2.97. The molecule has 0 aromatic carbocycles. The lowest BCUT2D eigenvalue weighted by Crippen LogP contribution is -2.30. The van der Waals surface area contributed by atoms with Gasteiger partial charge in [0.25, 0.3) is 0 Å². The highest BCUT2D eigenvalue weighted by atomic mass is 16.5. The molecule has 0 N–H and O–H groups in total. The maximum absolute atomic E-state index is 11.7. The summed E-state index contributed by atoms with van der Waals surface area (Å²) in [6, 6.07) is 0. The fraction of sp³-hybridized carbons (Fsp3) is 0.667. The molecule has 3 heteroatoms. The van der Waals surface area contributed by atoms with E-state index in [1.807, 2.05) is 19.9 Å². The Morgan fingerprint density at radius 1 is 1.50 bits per heavy atom. The number of allylic oxidation sites excluding steroid dienone is 1. The standard InChI is InChI=1S/C15H24O3/c1-5-6-13-9-17-10-14(12(13)4)7-15(16)18-8-11(2)3/h5,11,13-14H,1,4,6-10H2,2-3H3/t13?,14-/m1/s1. The van der Waals surface area contributed by atoms with Crippen molar-refractivity contribution in [3.05, 3.63) is 24.8 Å². The Hall–Kier alpha value is -1.09. The van der Waals surface area contributed by atoms with Crippen molar-refractivity contribution in [3.63, 3.8) is 0 Å². The zero-order valence-electron chi connectivity index (χ0n) is 11.5. The van der Waals surface area contributed by atoms with Crippen LogP contribution in [0.25, 0.3) is 0 Å². The van der Waals surface area contributed by atoms with Crippen molar-refractivity contribution in [2.75, 3.05) is 19.8 Å². The van der Waals surface area contributed by atoms with E-state index in [2.05, 4.69) is 13.2 Å². The Bertz CT molecular complexity index is 307. The van der Waals surface area contributed by atoms with Gasteiger partial charge in [-0.2, -0.15) is 0 Å². The van der Waals surface area contributed by atoms with Gasteiger partial charge in [0.15, 0.2) is 0 Å². The van der Waals surface area contributed by atoms with Crippen LogP contribution in [0.3, 0.4) is 0 Å². The summed E-state index contributed by atoms with van der Waals surface area (Å²) in [4.78, 5) is 11.7. The van der Waals surface area contributed by atoms with Crippen LogP contribution in [-0.4, -0.2) is 25.8 Å². The van der Waals surface area contributed by atoms with Gasteiger partial charge in [-0.15, -0.1) is 6.58 Å². The molecule has 18 heavy (non-hydrogen) atoms. The largest absolute Gasteiger partial charge is 0.465 e. The van der Waals surface area contributed by atoms with Gasteiger partial charge in [0.1, 0.15) is 0 Å². The van der Waals surface area contributed by atoms with E-state index in [1.165, 1.54) is 0 Å². The van der Waals surface area contributed by atoms with Crippen molar-refractivity contribution in [3.8, 4) is 0 Å². The van der Waals surface area contributed by atoms with E-state index in [1.54, 1.807) is 0 Å². The quantitative estimate of drug-likeness (QED) is 0.538. The topological polar surface area (TPSA) is 35.5 Å². The number of carbonyl (C=O) groups is 1. The van der Waals surface area contributed by atoms with Crippen molar-refractivity contribution >= 4 is 5.97 Å². The second kappa shape index (κ2) is 7.37. The molecule has 0 aliphatic carbocycles. The molecule has 1 unspecified atom stereocenters. The van der Waals surface area contributed by atoms with E-state index in [-0.39, 0.29) is 11.9 Å². The first kappa shape index (κ1) is 15.0. The van der Waals surface area contributed by atoms with Crippen LogP contribution in [0.15, 0.2) is 24.8 Å². The minimum atomic E-state index is -0.155. The van der Waals surface area contributed by atoms with Crippen molar-refractivity contribution in [2.24, 2.45) is 17.8 Å². The van der Waals surface area contributed by atoms with E-state index >= 15 is 0 Å². The van der Waals surface area contributed by atoms with E-state index in [0.29, 0.717) is 38.1 Å². The monoisotopic (exact) mass is 252 g/mol. The van der Waals surface area contributed by atoms with Gasteiger partial charge < -0.3 is 9.47 Å². The van der Waals surface area contributed by atoms with Crippen LogP contribution in [0.2, 0.25) is 0 Å². The van der Waals surface area contributed by atoms with Gasteiger partial charge in [0.2, 0.25) is 0 Å². The average Bonchev–Trinajstić information content (AvgIpc) is 2.32. The minimum absolute atomic E-state index is 0.0864. The Balaban J connectivity index is 2.43. The van der Waals surface area contributed by atoms with Crippen molar-refractivity contribution in [2.45, 2.75) is 26.7 Å². The van der Waals surface area contributed by atoms with Gasteiger partial charge in [-0.05, 0) is 12.3 Å². The van der Waals surface area contributed by atoms with E-state index in [4.69, 9.17) is 9.47 Å². The molecule has 0 spiro atoms. The van der Waals surface area contributed by atoms with Crippen LogP contribution < -0.4 is 0 Å². The predicted molar refractivity (Wildman–Crippen MR) is 72.2 cm³/mol. The molecule has 3 nitrogen and oxygen atoms in total. The zero-order valence-corrected chi connectivity index (χ0v) is 11.5. The molecule has 1 rings (SSSR count). The van der Waals surface area contributed by atoms with E-state index in [9.17, 15) is 4.79 Å². The summed E-state index contributed by atoms with van der Waals surface area (Å²) < 4.78 is 10.7. The van der Waals surface area contributed by atoms with E-state index in [0.717, 1.165) is 12.0 Å². The maximum Gasteiger partial charge on any atom is 0.306 e. The minimum Gasteiger partial charge on any atom is -0.465 e. The molecule has 0 bridgehead atoms. The molecular formula is C15H24O3. The lowest BCUT2D eigenvalue weighted by atomic mass is 9.84. The summed E-state index contributed by atoms with van der Waals surface area (Å²) in [5, 5.41) is 0. The average molecular weight is 252 g/mol. The molecule has 0 aromatic rings. The first-order valence-corrected chi connectivity index (χ1v) is 6.57. The normalized spacial score (nSPS) is 24.1. The van der Waals surface area contributed by atoms with Crippen molar-refractivity contribution in [1.82, 2.24) is 0 Å². The summed E-state index contributed by atoms with van der Waals surface area (Å²) in [5.74, 6) is 0.591. The number of hydrogen-bond donors (Lipinski definition) is 0. The molecule has 0 aromatic heterocycles. The van der Waals surface area contributed by atoms with Crippen molar-refractivity contribution in [1.29, 1.82) is 0 Å². The van der Waals surface area contributed by atoms with Gasteiger partial charge in [-0.1, -0.05) is 32.1 Å². The van der Waals surface area contributed by atoms with Crippen LogP contribution in [0.4, 0.5) is 0 Å². The molecule has 0 radical (unpaired) electrons. The second-order valence-electron chi connectivity index (χ2n) is 5.31. The molecule has 1 aliphatic rings. The SMILES string of the molecule is C=CCC1COC[C@@H](CC(=O)OCC(C)C)C1=C. The smallest absolute Gasteiger partial charge is 0.306 e. The van der Waals surface area contributed by atoms with Crippen molar-refractivity contribution < 1.29 is 14.3 Å². The summed E-state index contributed by atoms with van der Waals surface area (Å²) in [7, 11) is 0. The molecule has 1 fully saturated rings. The van der Waals surface area contributed by atoms with Gasteiger partial charge in [0.05, 0.1) is 26.2 Å². The third-order valence-corrected chi connectivity index (χ3v) is 3.13. The van der Waals surface area contributed by atoms with Crippen LogP contribution in [0.1, 0.15) is 26.7 Å². The van der Waals surface area contributed by atoms with Gasteiger partial charge in [-0.3, -0.25) is 4.79 Å². The fourth-order valence-electron chi connectivity index (χ4n) is 2.03. The highest BCUT2D eigenvalue weighted by molar-refractivity contribution is 5.70. The number of carbonyl (C=O) groups excluding carboxylic acids is 1. The van der Waals surface area contributed by atoms with Gasteiger partial charge >= 0.3 is 5.97 Å². The molecular weight excluding hydrogens is 228 g/mol. The third-order valence-electron chi connectivity index (χ3n) is 3.13. The molecule has 1 heterocycles. The Labute approximate surface area is 110 Å². The van der Waals surface area contributed by atoms with Crippen LogP contribution in [0, 0.1) is 17.8 Å². The number of ether oxygens (including phenoxy) is 2. The molecule has 102 valence electrons. The molecule has 0 saturated carbocycles. The first-order valence-electron chi connectivity index (χ1n) is 6.57. The molecule has 1 saturated heterocycles. The Morgan fingerprint density at radius 3 is 2.78 bits per heavy atom. The summed E-state index contributed by atoms with van der Waals surface area (Å²) in [6.45, 7) is 13.6. The molecule has 0 amide bonds. The van der Waals surface area contributed by atoms with E-state index < -0.39 is 0 Å². The second-order valence-corrected chi connectivity index (χ2v) is 5.31. The first-order chi connectivity index (χ1) is 8.54. The summed E-state index contributed by atoms with van der Waals surface area (Å²) >= 11 is 0. The van der Waals surface area contributed by atoms with Gasteiger partial charge in [0, 0.05) is 11.8 Å². The van der Waals surface area contributed by atoms with Crippen LogP contribution in [0.5, 0.6) is 0 Å². The van der Waals surface area contributed by atoms with Crippen LogP contribution in [-0.2, 0) is 14.3 Å². The maximum atomic E-state index is 11.7. The van der Waals surface area contributed by atoms with Crippen LogP contribution >= 0.6 is 0 Å². The summed E-state index contributed by atoms with van der Waals surface area (Å²) in [6.07, 6.45) is 3.11.